The second-order valence-corrected chi connectivity index (χ2v) is 5.05. The number of rotatable bonds is 4. The van der Waals surface area contributed by atoms with Crippen LogP contribution in [0.2, 0.25) is 0 Å². The summed E-state index contributed by atoms with van der Waals surface area (Å²) in [4.78, 5) is 28.5. The number of ether oxygens (including phenoxy) is 1. The Labute approximate surface area is 132 Å². The number of nitrogens with one attached hydrogen (secondary N) is 2. The van der Waals surface area contributed by atoms with E-state index in [4.69, 9.17) is 4.74 Å². The van der Waals surface area contributed by atoms with E-state index in [0.29, 0.717) is 17.1 Å². The minimum Gasteiger partial charge on any atom is -0.482 e. The van der Waals surface area contributed by atoms with Crippen LogP contribution in [0.25, 0.3) is 0 Å². The molecule has 0 bridgehead atoms. The van der Waals surface area contributed by atoms with Gasteiger partial charge >= 0.3 is 0 Å². The van der Waals surface area contributed by atoms with Crippen LogP contribution in [0.15, 0.2) is 47.7 Å². The lowest BCUT2D eigenvalue weighted by molar-refractivity contribution is -0.125. The van der Waals surface area contributed by atoms with Crippen molar-refractivity contribution >= 4 is 23.2 Å². The first-order valence-electron chi connectivity index (χ1n) is 7.14. The average molecular weight is 312 g/mol. The van der Waals surface area contributed by atoms with E-state index in [0.717, 1.165) is 5.69 Å². The van der Waals surface area contributed by atoms with Gasteiger partial charge in [-0.2, -0.15) is 5.10 Å². The third-order valence-corrected chi connectivity index (χ3v) is 3.45. The molecular weight excluding hydrogens is 296 g/mol. The number of carbonyl (C=O) groups is 2. The molecule has 7 heteroatoms. The number of para-hydroxylation sites is 2. The molecule has 1 aliphatic heterocycles. The highest BCUT2D eigenvalue weighted by Crippen LogP contribution is 2.31. The number of fused-ring (bicyclic) bond motifs is 1. The van der Waals surface area contributed by atoms with Crippen molar-refractivity contribution < 1.29 is 14.3 Å². The van der Waals surface area contributed by atoms with Gasteiger partial charge in [0.1, 0.15) is 12.3 Å². The van der Waals surface area contributed by atoms with E-state index in [-0.39, 0.29) is 25.0 Å². The molecule has 0 radical (unpaired) electrons. The predicted octanol–water partition coefficient (Wildman–Crippen LogP) is 1.28. The molecule has 0 aliphatic carbocycles. The molecule has 0 unspecified atom stereocenters. The second kappa shape index (κ2) is 6.35. The molecular formula is C16H16N4O3. The largest absolute Gasteiger partial charge is 0.482 e. The first kappa shape index (κ1) is 14.8. The molecule has 1 aromatic heterocycles. The van der Waals surface area contributed by atoms with Crippen LogP contribution in [0.5, 0.6) is 5.75 Å². The summed E-state index contributed by atoms with van der Waals surface area (Å²) >= 11 is 0. The van der Waals surface area contributed by atoms with Gasteiger partial charge in [-0.05, 0) is 31.2 Å². The standard InChI is InChI=1S/C16H16N4O3/c1-11(12-5-4-8-17-12)18-19-15(21)9-20-13-6-2-3-7-14(13)23-10-16(20)22/h2-8,17H,9-10H2,1H3,(H,19,21)/b18-11+. The number of amides is 2. The molecule has 7 nitrogen and oxygen atoms in total. The maximum Gasteiger partial charge on any atom is 0.265 e. The van der Waals surface area contributed by atoms with Gasteiger partial charge in [0.25, 0.3) is 11.8 Å². The van der Waals surface area contributed by atoms with E-state index < -0.39 is 0 Å². The zero-order valence-corrected chi connectivity index (χ0v) is 12.6. The topological polar surface area (TPSA) is 86.8 Å². The summed E-state index contributed by atoms with van der Waals surface area (Å²) in [6, 6.07) is 10.8. The predicted molar refractivity (Wildman–Crippen MR) is 85.4 cm³/mol. The van der Waals surface area contributed by atoms with Crippen LogP contribution in [0.1, 0.15) is 12.6 Å². The zero-order chi connectivity index (χ0) is 16.2. The van der Waals surface area contributed by atoms with Crippen LogP contribution in [0, 0.1) is 0 Å². The highest BCUT2D eigenvalue weighted by Gasteiger charge is 2.26. The summed E-state index contributed by atoms with van der Waals surface area (Å²) in [6.45, 7) is 1.59. The van der Waals surface area contributed by atoms with Crippen LogP contribution in [0.3, 0.4) is 0 Å². The van der Waals surface area contributed by atoms with Gasteiger partial charge in [0.2, 0.25) is 0 Å². The Morgan fingerprint density at radius 1 is 1.35 bits per heavy atom. The van der Waals surface area contributed by atoms with Crippen LogP contribution in [-0.4, -0.2) is 35.7 Å². The van der Waals surface area contributed by atoms with E-state index in [1.54, 1.807) is 31.3 Å². The van der Waals surface area contributed by atoms with Crippen molar-refractivity contribution in [3.05, 3.63) is 48.3 Å². The van der Waals surface area contributed by atoms with Gasteiger partial charge < -0.3 is 9.72 Å². The lowest BCUT2D eigenvalue weighted by Crippen LogP contribution is -2.44. The van der Waals surface area contributed by atoms with Crippen molar-refractivity contribution in [2.45, 2.75) is 6.92 Å². The van der Waals surface area contributed by atoms with Crippen molar-refractivity contribution in [1.82, 2.24) is 10.4 Å². The van der Waals surface area contributed by atoms with E-state index in [2.05, 4.69) is 15.5 Å². The molecule has 1 aliphatic rings. The number of hydrogen-bond acceptors (Lipinski definition) is 4. The highest BCUT2D eigenvalue weighted by atomic mass is 16.5. The number of nitrogens with zero attached hydrogens (tertiary/aromatic N) is 2. The number of carbonyl (C=O) groups excluding carboxylic acids is 2. The SMILES string of the molecule is C/C(=N\NC(=O)CN1C(=O)COc2ccccc21)c1ccc[nH]1. The number of hydrogen-bond donors (Lipinski definition) is 2. The number of anilines is 1. The maximum atomic E-state index is 12.1. The molecule has 2 amide bonds. The number of H-pyrrole nitrogens is 1. The highest BCUT2D eigenvalue weighted by molar-refractivity contribution is 6.02. The molecule has 2 heterocycles. The van der Waals surface area contributed by atoms with Gasteiger partial charge in [-0.25, -0.2) is 5.43 Å². The third kappa shape index (κ3) is 3.23. The van der Waals surface area contributed by atoms with Crippen molar-refractivity contribution in [1.29, 1.82) is 0 Å². The van der Waals surface area contributed by atoms with Gasteiger partial charge in [0, 0.05) is 6.20 Å². The minimum absolute atomic E-state index is 0.0743. The van der Waals surface area contributed by atoms with Crippen molar-refractivity contribution in [3.8, 4) is 5.75 Å². The summed E-state index contributed by atoms with van der Waals surface area (Å²) in [7, 11) is 0. The first-order chi connectivity index (χ1) is 11.1. The van der Waals surface area contributed by atoms with Gasteiger partial charge in [0.05, 0.1) is 17.1 Å². The van der Waals surface area contributed by atoms with Crippen molar-refractivity contribution in [2.24, 2.45) is 5.10 Å². The maximum absolute atomic E-state index is 12.1. The van der Waals surface area contributed by atoms with E-state index in [9.17, 15) is 9.59 Å². The fourth-order valence-electron chi connectivity index (χ4n) is 2.27. The molecule has 3 rings (SSSR count). The summed E-state index contributed by atoms with van der Waals surface area (Å²) in [5, 5.41) is 4.03. The summed E-state index contributed by atoms with van der Waals surface area (Å²) in [6.07, 6.45) is 1.78. The summed E-state index contributed by atoms with van der Waals surface area (Å²) < 4.78 is 5.34. The molecule has 23 heavy (non-hydrogen) atoms. The summed E-state index contributed by atoms with van der Waals surface area (Å²) in [5.74, 6) is -0.0455. The molecule has 0 saturated carbocycles. The minimum atomic E-state index is -0.374. The van der Waals surface area contributed by atoms with Crippen LogP contribution < -0.4 is 15.1 Å². The number of aromatic nitrogens is 1. The van der Waals surface area contributed by atoms with Gasteiger partial charge in [-0.1, -0.05) is 12.1 Å². The van der Waals surface area contributed by atoms with Crippen molar-refractivity contribution in [3.63, 3.8) is 0 Å². The Morgan fingerprint density at radius 2 is 2.17 bits per heavy atom. The van der Waals surface area contributed by atoms with Gasteiger partial charge in [-0.15, -0.1) is 0 Å². The second-order valence-electron chi connectivity index (χ2n) is 5.05. The lowest BCUT2D eigenvalue weighted by atomic mass is 10.2. The van der Waals surface area contributed by atoms with Crippen LogP contribution in [-0.2, 0) is 9.59 Å². The fraction of sp³-hybridized carbons (Fsp3) is 0.188. The monoisotopic (exact) mass is 312 g/mol. The third-order valence-electron chi connectivity index (χ3n) is 3.45. The summed E-state index contributed by atoms with van der Waals surface area (Å²) in [5.41, 5.74) is 4.52. The average Bonchev–Trinajstić information content (AvgIpc) is 3.10. The van der Waals surface area contributed by atoms with Gasteiger partial charge in [0.15, 0.2) is 6.61 Å². The smallest absolute Gasteiger partial charge is 0.265 e. The Kier molecular flexibility index (Phi) is 4.09. The Hall–Kier alpha value is -3.09. The first-order valence-corrected chi connectivity index (χ1v) is 7.14. The molecule has 0 spiro atoms. The normalized spacial score (nSPS) is 14.2. The van der Waals surface area contributed by atoms with Crippen LogP contribution in [0.4, 0.5) is 5.69 Å². The molecule has 0 fully saturated rings. The van der Waals surface area contributed by atoms with Crippen molar-refractivity contribution in [2.75, 3.05) is 18.1 Å². The molecule has 2 N–H and O–H groups in total. The Bertz CT molecular complexity index is 752. The number of hydrazone groups is 1. The lowest BCUT2D eigenvalue weighted by Gasteiger charge is -2.28. The molecule has 2 aromatic rings. The Balaban J connectivity index is 1.68. The van der Waals surface area contributed by atoms with E-state index in [1.807, 2.05) is 18.2 Å². The van der Waals surface area contributed by atoms with Gasteiger partial charge in [-0.3, -0.25) is 14.5 Å². The van der Waals surface area contributed by atoms with Crippen LogP contribution >= 0.6 is 0 Å². The molecule has 0 saturated heterocycles. The molecule has 0 atom stereocenters. The number of aromatic amines is 1. The van der Waals surface area contributed by atoms with E-state index >= 15 is 0 Å². The zero-order valence-electron chi connectivity index (χ0n) is 12.6. The number of benzene rings is 1. The van der Waals surface area contributed by atoms with E-state index in [1.165, 1.54) is 4.90 Å². The molecule has 118 valence electrons. The fourth-order valence-corrected chi connectivity index (χ4v) is 2.27. The quantitative estimate of drug-likeness (QED) is 0.658. The Morgan fingerprint density at radius 3 is 2.96 bits per heavy atom. The molecule has 1 aromatic carbocycles.